The van der Waals surface area contributed by atoms with E-state index >= 15 is 0 Å². The number of hydrogen-bond donors (Lipinski definition) is 0. The Hall–Kier alpha value is -0.613. The maximum Gasteiger partial charge on any atom is 0.330 e. The molecule has 0 unspecified atom stereocenters. The predicted molar refractivity (Wildman–Crippen MR) is 68.9 cm³/mol. The number of hydrogen-bond acceptors (Lipinski definition) is 3. The highest BCUT2D eigenvalue weighted by Crippen LogP contribution is 2.36. The number of carbonyl (C=O) groups is 1. The number of methoxy groups -OCH3 is 1. The summed E-state index contributed by atoms with van der Waals surface area (Å²) in [5, 5.41) is 0.235. The molecular weight excluding hydrogens is 220 g/mol. The van der Waals surface area contributed by atoms with Crippen molar-refractivity contribution in [2.75, 3.05) is 13.7 Å². The molecule has 0 aliphatic rings. The summed E-state index contributed by atoms with van der Waals surface area (Å²) in [7, 11) is -0.267. The van der Waals surface area contributed by atoms with Gasteiger partial charge >= 0.3 is 5.97 Å². The van der Waals surface area contributed by atoms with Crippen molar-refractivity contribution in [3.63, 3.8) is 0 Å². The van der Waals surface area contributed by atoms with Crippen LogP contribution in [-0.4, -0.2) is 28.0 Å². The molecule has 0 saturated carbocycles. The minimum Gasteiger partial charge on any atom is -0.466 e. The number of esters is 1. The number of rotatable bonds is 5. The summed E-state index contributed by atoms with van der Waals surface area (Å²) in [5.74, 6) is -0.313. The van der Waals surface area contributed by atoms with Crippen LogP contribution in [0.25, 0.3) is 0 Å². The first-order chi connectivity index (χ1) is 7.20. The Morgan fingerprint density at radius 3 is 2.31 bits per heavy atom. The lowest BCUT2D eigenvalue weighted by Gasteiger charge is -2.36. The van der Waals surface area contributed by atoms with Crippen LogP contribution in [0.4, 0.5) is 0 Å². The Morgan fingerprint density at radius 2 is 1.88 bits per heavy atom. The molecule has 0 rings (SSSR count). The van der Waals surface area contributed by atoms with Gasteiger partial charge in [-0.1, -0.05) is 26.8 Å². The average molecular weight is 244 g/mol. The summed E-state index contributed by atoms with van der Waals surface area (Å²) in [6.07, 6.45) is 3.98. The van der Waals surface area contributed by atoms with E-state index in [0.717, 1.165) is 6.42 Å². The maximum atomic E-state index is 10.8. The van der Waals surface area contributed by atoms with E-state index in [2.05, 4.69) is 38.6 Å². The normalized spacial score (nSPS) is 13.1. The van der Waals surface area contributed by atoms with E-state index in [1.807, 2.05) is 0 Å². The molecule has 0 amide bonds. The van der Waals surface area contributed by atoms with Gasteiger partial charge in [0, 0.05) is 12.7 Å². The molecule has 0 heterocycles. The Balaban J connectivity index is 3.91. The molecule has 4 heteroatoms. The van der Waals surface area contributed by atoms with Gasteiger partial charge in [-0.15, -0.1) is 0 Å². The second kappa shape index (κ2) is 6.20. The van der Waals surface area contributed by atoms with E-state index in [1.54, 1.807) is 6.08 Å². The van der Waals surface area contributed by atoms with Crippen LogP contribution in [-0.2, 0) is 14.0 Å². The van der Waals surface area contributed by atoms with E-state index < -0.39 is 8.32 Å². The minimum atomic E-state index is -1.64. The molecule has 0 aromatic rings. The topological polar surface area (TPSA) is 35.5 Å². The summed E-state index contributed by atoms with van der Waals surface area (Å²) in [6, 6.07) is 0. The van der Waals surface area contributed by atoms with Crippen molar-refractivity contribution < 1.29 is 14.0 Å². The van der Waals surface area contributed by atoms with Crippen LogP contribution in [0, 0.1) is 0 Å². The van der Waals surface area contributed by atoms with E-state index in [9.17, 15) is 4.79 Å². The summed E-state index contributed by atoms with van der Waals surface area (Å²) in [6.45, 7) is 11.7. The summed E-state index contributed by atoms with van der Waals surface area (Å²) < 4.78 is 10.4. The van der Waals surface area contributed by atoms with Crippen molar-refractivity contribution in [3.8, 4) is 0 Å². The largest absolute Gasteiger partial charge is 0.466 e. The molecule has 0 atom stereocenters. The summed E-state index contributed by atoms with van der Waals surface area (Å²) in [5.41, 5.74) is 0. The lowest BCUT2D eigenvalue weighted by molar-refractivity contribution is -0.134. The zero-order valence-electron chi connectivity index (χ0n) is 11.3. The van der Waals surface area contributed by atoms with Crippen LogP contribution in [0.5, 0.6) is 0 Å². The predicted octanol–water partition coefficient (Wildman–Crippen LogP) is 3.13. The van der Waals surface area contributed by atoms with Crippen molar-refractivity contribution in [1.82, 2.24) is 0 Å². The van der Waals surface area contributed by atoms with Gasteiger partial charge < -0.3 is 9.16 Å². The lowest BCUT2D eigenvalue weighted by Crippen LogP contribution is -2.40. The van der Waals surface area contributed by atoms with Gasteiger partial charge in [-0.3, -0.25) is 0 Å². The zero-order valence-corrected chi connectivity index (χ0v) is 12.3. The molecule has 0 aliphatic heterocycles. The third-order valence-electron chi connectivity index (χ3n) is 3.01. The summed E-state index contributed by atoms with van der Waals surface area (Å²) in [4.78, 5) is 10.8. The Kier molecular flexibility index (Phi) is 5.97. The Morgan fingerprint density at radius 1 is 1.31 bits per heavy atom. The van der Waals surface area contributed by atoms with Crippen LogP contribution in [0.1, 0.15) is 27.2 Å². The molecule has 0 fully saturated rings. The fraction of sp³-hybridized carbons (Fsp3) is 0.750. The first-order valence-corrected chi connectivity index (χ1v) is 8.50. The molecule has 0 bridgehead atoms. The van der Waals surface area contributed by atoms with Crippen LogP contribution < -0.4 is 0 Å². The number of carbonyl (C=O) groups excluding carboxylic acids is 1. The van der Waals surface area contributed by atoms with Crippen molar-refractivity contribution in [1.29, 1.82) is 0 Å². The number of ether oxygens (including phenoxy) is 1. The van der Waals surface area contributed by atoms with Crippen molar-refractivity contribution in [2.45, 2.75) is 45.3 Å². The SMILES string of the molecule is COC(=O)/C=C/CCO[Si](C)(C)C(C)(C)C. The van der Waals surface area contributed by atoms with E-state index in [1.165, 1.54) is 13.2 Å². The zero-order chi connectivity index (χ0) is 12.8. The van der Waals surface area contributed by atoms with Crippen molar-refractivity contribution in [2.24, 2.45) is 0 Å². The summed E-state index contributed by atoms with van der Waals surface area (Å²) >= 11 is 0. The molecule has 3 nitrogen and oxygen atoms in total. The molecule has 0 radical (unpaired) electrons. The quantitative estimate of drug-likeness (QED) is 0.322. The minimum absolute atomic E-state index is 0.235. The van der Waals surface area contributed by atoms with Crippen LogP contribution in [0.2, 0.25) is 18.1 Å². The highest BCUT2D eigenvalue weighted by Gasteiger charge is 2.36. The van der Waals surface area contributed by atoms with Crippen LogP contribution >= 0.6 is 0 Å². The second-order valence-electron chi connectivity index (χ2n) is 5.32. The highest BCUT2D eigenvalue weighted by molar-refractivity contribution is 6.74. The smallest absolute Gasteiger partial charge is 0.330 e. The first kappa shape index (κ1) is 15.4. The van der Waals surface area contributed by atoms with Gasteiger partial charge in [0.05, 0.1) is 7.11 Å². The molecule has 0 aromatic heterocycles. The van der Waals surface area contributed by atoms with Gasteiger partial charge in [0.1, 0.15) is 0 Å². The second-order valence-corrected chi connectivity index (χ2v) is 10.1. The third-order valence-corrected chi connectivity index (χ3v) is 7.55. The fourth-order valence-electron chi connectivity index (χ4n) is 0.846. The van der Waals surface area contributed by atoms with Gasteiger partial charge in [-0.25, -0.2) is 4.79 Å². The van der Waals surface area contributed by atoms with Crippen molar-refractivity contribution in [3.05, 3.63) is 12.2 Å². The molecule has 94 valence electrons. The Labute approximate surface area is 100.0 Å². The molecule has 0 spiro atoms. The van der Waals surface area contributed by atoms with Crippen LogP contribution in [0.3, 0.4) is 0 Å². The molecule has 0 saturated heterocycles. The molecule has 0 N–H and O–H groups in total. The third kappa shape index (κ3) is 5.46. The fourth-order valence-corrected chi connectivity index (χ4v) is 1.91. The molecule has 16 heavy (non-hydrogen) atoms. The monoisotopic (exact) mass is 244 g/mol. The first-order valence-electron chi connectivity index (χ1n) is 5.59. The van der Waals surface area contributed by atoms with E-state index in [4.69, 9.17) is 4.43 Å². The Bertz CT molecular complexity index is 251. The van der Waals surface area contributed by atoms with Crippen LogP contribution in [0.15, 0.2) is 12.2 Å². The van der Waals surface area contributed by atoms with E-state index in [-0.39, 0.29) is 11.0 Å². The maximum absolute atomic E-state index is 10.8. The molecular formula is C12H24O3Si. The lowest BCUT2D eigenvalue weighted by atomic mass is 10.2. The highest BCUT2D eigenvalue weighted by atomic mass is 28.4. The van der Waals surface area contributed by atoms with Gasteiger partial charge in [-0.05, 0) is 24.6 Å². The van der Waals surface area contributed by atoms with Crippen molar-refractivity contribution >= 4 is 14.3 Å². The van der Waals surface area contributed by atoms with Gasteiger partial charge in [0.25, 0.3) is 0 Å². The van der Waals surface area contributed by atoms with Gasteiger partial charge in [-0.2, -0.15) is 0 Å². The van der Waals surface area contributed by atoms with Gasteiger partial charge in [0.15, 0.2) is 8.32 Å². The molecule has 0 aromatic carbocycles. The van der Waals surface area contributed by atoms with Gasteiger partial charge in [0.2, 0.25) is 0 Å². The molecule has 0 aliphatic carbocycles. The average Bonchev–Trinajstić information content (AvgIpc) is 2.15. The standard InChI is InChI=1S/C12H24O3Si/c1-12(2,3)16(5,6)15-10-8-7-9-11(13)14-4/h7,9H,8,10H2,1-6H3/b9-7+. The van der Waals surface area contributed by atoms with E-state index in [0.29, 0.717) is 6.61 Å².